The lowest BCUT2D eigenvalue weighted by Gasteiger charge is -2.05. The Labute approximate surface area is 109 Å². The maximum Gasteiger partial charge on any atom is 0.191 e. The van der Waals surface area contributed by atoms with E-state index in [-0.39, 0.29) is 5.84 Å². The highest BCUT2D eigenvalue weighted by Gasteiger charge is 2.11. The van der Waals surface area contributed by atoms with Crippen LogP contribution in [0.2, 0.25) is 0 Å². The quantitative estimate of drug-likeness (QED) is 0.382. The summed E-state index contributed by atoms with van der Waals surface area (Å²) in [4.78, 5) is 9.28. The van der Waals surface area contributed by atoms with Crippen LogP contribution in [0.25, 0.3) is 0 Å². The minimum atomic E-state index is -0.0438. The molecule has 0 aliphatic rings. The minimum absolute atomic E-state index is 0.0438. The molecule has 0 spiro atoms. The second kappa shape index (κ2) is 5.50. The number of amidine groups is 1. The first kappa shape index (κ1) is 12.4. The molecule has 18 heavy (non-hydrogen) atoms. The molecule has 1 heterocycles. The molecule has 0 radical (unpaired) electrons. The summed E-state index contributed by atoms with van der Waals surface area (Å²) >= 11 is 1.42. The van der Waals surface area contributed by atoms with Crippen molar-refractivity contribution in [2.24, 2.45) is 10.9 Å². The highest BCUT2D eigenvalue weighted by atomic mass is 32.2. The molecule has 6 heteroatoms. The van der Waals surface area contributed by atoms with Gasteiger partial charge in [-0.3, -0.25) is 0 Å². The molecule has 0 unspecified atom stereocenters. The van der Waals surface area contributed by atoms with E-state index in [0.29, 0.717) is 10.7 Å². The van der Waals surface area contributed by atoms with Gasteiger partial charge in [-0.2, -0.15) is 0 Å². The summed E-state index contributed by atoms with van der Waals surface area (Å²) in [5.41, 5.74) is 7.13. The first-order valence-corrected chi connectivity index (χ1v) is 6.06. The third kappa shape index (κ3) is 2.78. The molecule has 1 aromatic heterocycles. The van der Waals surface area contributed by atoms with Crippen LogP contribution >= 0.6 is 11.8 Å². The minimum Gasteiger partial charge on any atom is -0.409 e. The molecule has 0 saturated heterocycles. The molecule has 1 aromatic carbocycles. The zero-order valence-electron chi connectivity index (χ0n) is 9.74. The Morgan fingerprint density at radius 3 is 2.56 bits per heavy atom. The number of hydrogen-bond acceptors (Lipinski definition) is 5. The van der Waals surface area contributed by atoms with Gasteiger partial charge in [-0.25, -0.2) is 9.97 Å². The number of aromatic nitrogens is 2. The summed E-state index contributed by atoms with van der Waals surface area (Å²) in [6.07, 6.45) is 3.08. The first-order chi connectivity index (χ1) is 8.70. The van der Waals surface area contributed by atoms with E-state index in [1.807, 2.05) is 31.2 Å². The molecule has 0 aliphatic carbocycles. The summed E-state index contributed by atoms with van der Waals surface area (Å²) in [6, 6.07) is 8.01. The van der Waals surface area contributed by atoms with Crippen LogP contribution in [-0.2, 0) is 0 Å². The molecule has 0 atom stereocenters. The second-order valence-electron chi connectivity index (χ2n) is 3.61. The number of hydrogen-bond donors (Lipinski definition) is 2. The van der Waals surface area contributed by atoms with E-state index in [1.54, 1.807) is 6.20 Å². The van der Waals surface area contributed by atoms with E-state index in [1.165, 1.54) is 23.5 Å². The van der Waals surface area contributed by atoms with Crippen LogP contribution in [0.4, 0.5) is 0 Å². The van der Waals surface area contributed by atoms with Crippen LogP contribution in [0.1, 0.15) is 11.3 Å². The number of rotatable bonds is 3. The van der Waals surface area contributed by atoms with Gasteiger partial charge in [0.1, 0.15) is 10.7 Å². The fraction of sp³-hybridized carbons (Fsp3) is 0.0833. The average Bonchev–Trinajstić information content (AvgIpc) is 2.41. The largest absolute Gasteiger partial charge is 0.409 e. The van der Waals surface area contributed by atoms with Crippen molar-refractivity contribution in [3.8, 4) is 0 Å². The van der Waals surface area contributed by atoms with E-state index < -0.39 is 0 Å². The second-order valence-corrected chi connectivity index (χ2v) is 4.67. The maximum absolute atomic E-state index is 8.70. The van der Waals surface area contributed by atoms with Gasteiger partial charge in [0, 0.05) is 17.3 Å². The number of nitrogens with two attached hydrogens (primary N) is 1. The summed E-state index contributed by atoms with van der Waals surface area (Å²) in [6.45, 7) is 2.03. The van der Waals surface area contributed by atoms with Crippen molar-refractivity contribution in [3.63, 3.8) is 0 Å². The maximum atomic E-state index is 8.70. The Balaban J connectivity index is 2.32. The Hall–Kier alpha value is -2.08. The van der Waals surface area contributed by atoms with Crippen molar-refractivity contribution < 1.29 is 5.21 Å². The Bertz CT molecular complexity index is 569. The lowest BCUT2D eigenvalue weighted by atomic mass is 10.2. The van der Waals surface area contributed by atoms with Crippen LogP contribution < -0.4 is 5.73 Å². The summed E-state index contributed by atoms with van der Waals surface area (Å²) in [5.74, 6) is -0.0438. The molecule has 0 bridgehead atoms. The lowest BCUT2D eigenvalue weighted by Crippen LogP contribution is -2.16. The summed E-state index contributed by atoms with van der Waals surface area (Å²) < 4.78 is 0. The van der Waals surface area contributed by atoms with Gasteiger partial charge in [0.15, 0.2) is 5.84 Å². The van der Waals surface area contributed by atoms with Crippen molar-refractivity contribution in [1.29, 1.82) is 0 Å². The molecule has 0 saturated carbocycles. The Morgan fingerprint density at radius 2 is 1.89 bits per heavy atom. The van der Waals surface area contributed by atoms with Gasteiger partial charge in [0.25, 0.3) is 0 Å². The number of benzene rings is 1. The third-order valence-corrected chi connectivity index (χ3v) is 3.25. The molecule has 0 amide bonds. The number of aryl methyl sites for hydroxylation is 1. The van der Waals surface area contributed by atoms with Gasteiger partial charge >= 0.3 is 0 Å². The number of oxime groups is 1. The molecular weight excluding hydrogens is 248 g/mol. The van der Waals surface area contributed by atoms with Crippen molar-refractivity contribution in [3.05, 3.63) is 47.9 Å². The van der Waals surface area contributed by atoms with Gasteiger partial charge in [-0.15, -0.1) is 0 Å². The predicted molar refractivity (Wildman–Crippen MR) is 69.8 cm³/mol. The molecular formula is C12H12N4OS. The standard InChI is InChI=1S/C12H12N4OS/c1-8-2-4-9(5-3-8)18-12-10(11(13)16-17)14-6-7-15-12/h2-7,17H,1H3,(H2,13,16). The smallest absolute Gasteiger partial charge is 0.191 e. The normalized spacial score (nSPS) is 11.5. The van der Waals surface area contributed by atoms with Crippen LogP contribution in [0.5, 0.6) is 0 Å². The fourth-order valence-electron chi connectivity index (χ4n) is 1.34. The summed E-state index contributed by atoms with van der Waals surface area (Å²) in [7, 11) is 0. The van der Waals surface area contributed by atoms with Crippen molar-refractivity contribution in [1.82, 2.24) is 9.97 Å². The lowest BCUT2D eigenvalue weighted by molar-refractivity contribution is 0.318. The van der Waals surface area contributed by atoms with Gasteiger partial charge < -0.3 is 10.9 Å². The monoisotopic (exact) mass is 260 g/mol. The van der Waals surface area contributed by atoms with Gasteiger partial charge in [-0.05, 0) is 19.1 Å². The van der Waals surface area contributed by atoms with Gasteiger partial charge in [0.05, 0.1) is 0 Å². The number of nitrogens with zero attached hydrogens (tertiary/aromatic N) is 3. The van der Waals surface area contributed by atoms with Crippen LogP contribution in [0.3, 0.4) is 0 Å². The molecule has 92 valence electrons. The van der Waals surface area contributed by atoms with E-state index in [9.17, 15) is 0 Å². The first-order valence-electron chi connectivity index (χ1n) is 5.24. The Morgan fingerprint density at radius 1 is 1.22 bits per heavy atom. The van der Waals surface area contributed by atoms with Crippen molar-refractivity contribution in [2.45, 2.75) is 16.8 Å². The fourth-order valence-corrected chi connectivity index (χ4v) is 2.20. The molecule has 0 fully saturated rings. The highest BCUT2D eigenvalue weighted by Crippen LogP contribution is 2.27. The predicted octanol–water partition coefficient (Wildman–Crippen LogP) is 2.03. The van der Waals surface area contributed by atoms with Crippen molar-refractivity contribution >= 4 is 17.6 Å². The van der Waals surface area contributed by atoms with Gasteiger partial charge in [0.2, 0.25) is 0 Å². The van der Waals surface area contributed by atoms with E-state index in [2.05, 4.69) is 15.1 Å². The molecule has 2 rings (SSSR count). The van der Waals surface area contributed by atoms with E-state index in [0.717, 1.165) is 4.90 Å². The Kier molecular flexibility index (Phi) is 3.78. The molecule has 2 aromatic rings. The van der Waals surface area contributed by atoms with Crippen molar-refractivity contribution in [2.75, 3.05) is 0 Å². The molecule has 3 N–H and O–H groups in total. The topological polar surface area (TPSA) is 84.4 Å². The summed E-state index contributed by atoms with van der Waals surface area (Å²) in [5, 5.41) is 12.3. The van der Waals surface area contributed by atoms with Crippen LogP contribution in [0, 0.1) is 6.92 Å². The SMILES string of the molecule is Cc1ccc(Sc2nccnc2/C(N)=N/O)cc1. The molecule has 0 aliphatic heterocycles. The zero-order chi connectivity index (χ0) is 13.0. The zero-order valence-corrected chi connectivity index (χ0v) is 10.6. The average molecular weight is 260 g/mol. The van der Waals surface area contributed by atoms with Crippen LogP contribution in [0.15, 0.2) is 51.7 Å². The van der Waals surface area contributed by atoms with E-state index >= 15 is 0 Å². The van der Waals surface area contributed by atoms with E-state index in [4.69, 9.17) is 10.9 Å². The van der Waals surface area contributed by atoms with Crippen LogP contribution in [-0.4, -0.2) is 21.0 Å². The van der Waals surface area contributed by atoms with Gasteiger partial charge in [-0.1, -0.05) is 34.6 Å². The highest BCUT2D eigenvalue weighted by molar-refractivity contribution is 7.99. The molecule has 5 nitrogen and oxygen atoms in total. The third-order valence-electron chi connectivity index (χ3n) is 2.25.